The molecule has 1 unspecified atom stereocenters. The fourth-order valence-corrected chi connectivity index (χ4v) is 1.14. The second-order valence-corrected chi connectivity index (χ2v) is 3.91. The normalized spacial score (nSPS) is 12.6. The topological polar surface area (TPSA) is 21.3 Å². The van der Waals surface area contributed by atoms with E-state index in [4.69, 9.17) is 4.74 Å². The van der Waals surface area contributed by atoms with Crippen molar-refractivity contribution < 1.29 is 4.74 Å². The van der Waals surface area contributed by atoms with Crippen LogP contribution in [0.1, 0.15) is 20.8 Å². The van der Waals surface area contributed by atoms with Crippen LogP contribution in [0.5, 0.6) is 5.75 Å². The van der Waals surface area contributed by atoms with Gasteiger partial charge in [-0.3, -0.25) is 0 Å². The molecule has 0 amide bonds. The Bertz CT molecular complexity index is 283. The van der Waals surface area contributed by atoms with Crippen molar-refractivity contribution in [2.24, 2.45) is 5.92 Å². The van der Waals surface area contributed by atoms with E-state index in [2.05, 4.69) is 32.2 Å². The van der Waals surface area contributed by atoms with Crippen LogP contribution in [-0.4, -0.2) is 13.2 Å². The predicted molar refractivity (Wildman–Crippen MR) is 60.9 cm³/mol. The summed E-state index contributed by atoms with van der Waals surface area (Å²) >= 11 is 0. The first kappa shape index (κ1) is 10.9. The standard InChI is InChI=1S/C12H19NO/c1-9(2)10(3)13-11-6-5-7-12(8-11)14-4/h5-10,13H,1-4H3. The monoisotopic (exact) mass is 193 g/mol. The molecule has 0 aromatic heterocycles. The molecule has 0 aliphatic heterocycles. The van der Waals surface area contributed by atoms with Crippen molar-refractivity contribution >= 4 is 5.69 Å². The molecule has 0 saturated carbocycles. The molecule has 1 aromatic carbocycles. The van der Waals surface area contributed by atoms with E-state index in [1.54, 1.807) is 7.11 Å². The molecule has 1 atom stereocenters. The smallest absolute Gasteiger partial charge is 0.120 e. The summed E-state index contributed by atoms with van der Waals surface area (Å²) in [7, 11) is 1.69. The molecular formula is C12H19NO. The van der Waals surface area contributed by atoms with Gasteiger partial charge in [-0.15, -0.1) is 0 Å². The van der Waals surface area contributed by atoms with Crippen LogP contribution in [0.2, 0.25) is 0 Å². The number of methoxy groups -OCH3 is 1. The highest BCUT2D eigenvalue weighted by Crippen LogP contribution is 2.18. The molecule has 1 aromatic rings. The Labute approximate surface area is 86.3 Å². The molecule has 2 heteroatoms. The van der Waals surface area contributed by atoms with Crippen LogP contribution in [0.4, 0.5) is 5.69 Å². The Morgan fingerprint density at radius 2 is 1.93 bits per heavy atom. The van der Waals surface area contributed by atoms with Gasteiger partial charge >= 0.3 is 0 Å². The van der Waals surface area contributed by atoms with Gasteiger partial charge in [0.2, 0.25) is 0 Å². The van der Waals surface area contributed by atoms with Crippen molar-refractivity contribution in [1.82, 2.24) is 0 Å². The number of ether oxygens (including phenoxy) is 1. The average Bonchev–Trinajstić information content (AvgIpc) is 2.18. The molecular weight excluding hydrogens is 174 g/mol. The highest BCUT2D eigenvalue weighted by atomic mass is 16.5. The maximum absolute atomic E-state index is 5.16. The molecule has 0 heterocycles. The second kappa shape index (κ2) is 4.89. The van der Waals surface area contributed by atoms with Gasteiger partial charge < -0.3 is 10.1 Å². The first-order valence-electron chi connectivity index (χ1n) is 5.04. The summed E-state index contributed by atoms with van der Waals surface area (Å²) in [5.74, 6) is 1.52. The van der Waals surface area contributed by atoms with E-state index < -0.39 is 0 Å². The largest absolute Gasteiger partial charge is 0.497 e. The molecule has 14 heavy (non-hydrogen) atoms. The Balaban J connectivity index is 2.66. The minimum absolute atomic E-state index is 0.474. The molecule has 78 valence electrons. The van der Waals surface area contributed by atoms with E-state index in [-0.39, 0.29) is 0 Å². The molecule has 1 rings (SSSR count). The van der Waals surface area contributed by atoms with E-state index in [9.17, 15) is 0 Å². The van der Waals surface area contributed by atoms with Crippen LogP contribution < -0.4 is 10.1 Å². The van der Waals surface area contributed by atoms with Gasteiger partial charge in [0.1, 0.15) is 5.75 Å². The molecule has 0 spiro atoms. The van der Waals surface area contributed by atoms with Crippen molar-refractivity contribution in [3.8, 4) is 5.75 Å². The summed E-state index contributed by atoms with van der Waals surface area (Å²) in [4.78, 5) is 0. The molecule has 0 bridgehead atoms. The van der Waals surface area contributed by atoms with Gasteiger partial charge in [0.15, 0.2) is 0 Å². The van der Waals surface area contributed by atoms with Gasteiger partial charge in [0.25, 0.3) is 0 Å². The van der Waals surface area contributed by atoms with Gasteiger partial charge in [-0.1, -0.05) is 19.9 Å². The van der Waals surface area contributed by atoms with Crippen LogP contribution >= 0.6 is 0 Å². The van der Waals surface area contributed by atoms with Crippen molar-refractivity contribution in [2.45, 2.75) is 26.8 Å². The average molecular weight is 193 g/mol. The highest BCUT2D eigenvalue weighted by molar-refractivity contribution is 5.48. The zero-order valence-electron chi connectivity index (χ0n) is 9.37. The zero-order valence-corrected chi connectivity index (χ0v) is 9.37. The molecule has 0 aliphatic rings. The lowest BCUT2D eigenvalue weighted by Gasteiger charge is -2.19. The second-order valence-electron chi connectivity index (χ2n) is 3.91. The van der Waals surface area contributed by atoms with Crippen LogP contribution in [-0.2, 0) is 0 Å². The van der Waals surface area contributed by atoms with Gasteiger partial charge in [0, 0.05) is 17.8 Å². The summed E-state index contributed by atoms with van der Waals surface area (Å²) in [5, 5.41) is 3.44. The van der Waals surface area contributed by atoms with E-state index >= 15 is 0 Å². The van der Waals surface area contributed by atoms with E-state index in [0.717, 1.165) is 11.4 Å². The lowest BCUT2D eigenvalue weighted by atomic mass is 10.1. The van der Waals surface area contributed by atoms with Gasteiger partial charge in [-0.2, -0.15) is 0 Å². The first-order chi connectivity index (χ1) is 6.63. The third-order valence-electron chi connectivity index (χ3n) is 2.46. The number of anilines is 1. The Hall–Kier alpha value is -1.18. The van der Waals surface area contributed by atoms with Crippen molar-refractivity contribution in [1.29, 1.82) is 0 Å². The molecule has 2 nitrogen and oxygen atoms in total. The zero-order chi connectivity index (χ0) is 10.6. The van der Waals surface area contributed by atoms with Crippen LogP contribution in [0.3, 0.4) is 0 Å². The number of nitrogens with one attached hydrogen (secondary N) is 1. The Morgan fingerprint density at radius 3 is 2.50 bits per heavy atom. The minimum atomic E-state index is 0.474. The van der Waals surface area contributed by atoms with E-state index in [1.165, 1.54) is 0 Å². The summed E-state index contributed by atoms with van der Waals surface area (Å²) in [6.45, 7) is 6.60. The predicted octanol–water partition coefficient (Wildman–Crippen LogP) is 3.15. The van der Waals surface area contributed by atoms with Gasteiger partial charge in [0.05, 0.1) is 7.11 Å². The third kappa shape index (κ3) is 2.95. The number of benzene rings is 1. The number of rotatable bonds is 4. The van der Waals surface area contributed by atoms with Crippen molar-refractivity contribution in [3.63, 3.8) is 0 Å². The maximum Gasteiger partial charge on any atom is 0.120 e. The lowest BCUT2D eigenvalue weighted by Crippen LogP contribution is -2.21. The Kier molecular flexibility index (Phi) is 3.81. The summed E-state index contributed by atoms with van der Waals surface area (Å²) in [6.07, 6.45) is 0. The van der Waals surface area contributed by atoms with Crippen LogP contribution in [0, 0.1) is 5.92 Å². The van der Waals surface area contributed by atoms with E-state index in [0.29, 0.717) is 12.0 Å². The molecule has 1 N–H and O–H groups in total. The molecule has 0 aliphatic carbocycles. The Morgan fingerprint density at radius 1 is 1.21 bits per heavy atom. The van der Waals surface area contributed by atoms with Gasteiger partial charge in [-0.05, 0) is 25.0 Å². The molecule has 0 fully saturated rings. The summed E-state index contributed by atoms with van der Waals surface area (Å²) in [6, 6.07) is 8.49. The maximum atomic E-state index is 5.16. The SMILES string of the molecule is COc1cccc(NC(C)C(C)C)c1. The van der Waals surface area contributed by atoms with Crippen LogP contribution in [0.15, 0.2) is 24.3 Å². The molecule has 0 radical (unpaired) electrons. The third-order valence-corrected chi connectivity index (χ3v) is 2.46. The quantitative estimate of drug-likeness (QED) is 0.793. The number of hydrogen-bond acceptors (Lipinski definition) is 2. The number of hydrogen-bond donors (Lipinski definition) is 1. The van der Waals surface area contributed by atoms with Gasteiger partial charge in [-0.25, -0.2) is 0 Å². The van der Waals surface area contributed by atoms with E-state index in [1.807, 2.05) is 18.2 Å². The highest BCUT2D eigenvalue weighted by Gasteiger charge is 2.06. The van der Waals surface area contributed by atoms with Crippen molar-refractivity contribution in [2.75, 3.05) is 12.4 Å². The van der Waals surface area contributed by atoms with Crippen molar-refractivity contribution in [3.05, 3.63) is 24.3 Å². The molecule has 0 saturated heterocycles. The fourth-order valence-electron chi connectivity index (χ4n) is 1.14. The summed E-state index contributed by atoms with van der Waals surface area (Å²) < 4.78 is 5.16. The summed E-state index contributed by atoms with van der Waals surface area (Å²) in [5.41, 5.74) is 1.12. The first-order valence-corrected chi connectivity index (χ1v) is 5.04. The lowest BCUT2D eigenvalue weighted by molar-refractivity contribution is 0.415. The van der Waals surface area contributed by atoms with Crippen LogP contribution in [0.25, 0.3) is 0 Å². The fraction of sp³-hybridized carbons (Fsp3) is 0.500. The minimum Gasteiger partial charge on any atom is -0.497 e.